The summed E-state index contributed by atoms with van der Waals surface area (Å²) < 4.78 is 55.4. The highest BCUT2D eigenvalue weighted by molar-refractivity contribution is 8.13. The van der Waals surface area contributed by atoms with Gasteiger partial charge in [-0.2, -0.15) is 8.78 Å². The summed E-state index contributed by atoms with van der Waals surface area (Å²) >= 11 is 0. The van der Waals surface area contributed by atoms with Gasteiger partial charge in [0.1, 0.15) is 10.6 Å². The van der Waals surface area contributed by atoms with Gasteiger partial charge >= 0.3 is 12.6 Å². The highest BCUT2D eigenvalue weighted by Gasteiger charge is 2.22. The first-order valence-electron chi connectivity index (χ1n) is 4.96. The van der Waals surface area contributed by atoms with Crippen molar-refractivity contribution in [2.75, 3.05) is 6.61 Å². The Morgan fingerprint density at radius 2 is 2.05 bits per heavy atom. The van der Waals surface area contributed by atoms with Crippen molar-refractivity contribution < 1.29 is 31.5 Å². The number of carbonyl (C=O) groups is 1. The summed E-state index contributed by atoms with van der Waals surface area (Å²) in [6, 6.07) is 2.83. The average molecular weight is 315 g/mol. The van der Waals surface area contributed by atoms with Gasteiger partial charge in [0.05, 0.1) is 12.2 Å². The molecule has 0 fully saturated rings. The van der Waals surface area contributed by atoms with Crippen LogP contribution in [-0.2, 0) is 13.8 Å². The smallest absolute Gasteiger partial charge is 0.387 e. The molecule has 0 unspecified atom stereocenters. The molecule has 0 amide bonds. The van der Waals surface area contributed by atoms with Gasteiger partial charge in [0, 0.05) is 10.7 Å². The maximum absolute atomic E-state index is 12.1. The zero-order chi connectivity index (χ0) is 14.6. The lowest BCUT2D eigenvalue weighted by atomic mass is 10.2. The summed E-state index contributed by atoms with van der Waals surface area (Å²) in [5, 5.41) is 0. The normalized spacial score (nSPS) is 11.4. The summed E-state index contributed by atoms with van der Waals surface area (Å²) in [5.41, 5.74) is -0.136. The molecule has 1 aromatic rings. The van der Waals surface area contributed by atoms with Gasteiger partial charge in [-0.25, -0.2) is 13.2 Å². The number of carbonyl (C=O) groups excluding carboxylic acids is 1. The fraction of sp³-hybridized carbons (Fsp3) is 0.300. The fourth-order valence-electron chi connectivity index (χ4n) is 1.23. The molecule has 9 heteroatoms. The van der Waals surface area contributed by atoms with E-state index in [1.807, 2.05) is 0 Å². The van der Waals surface area contributed by atoms with E-state index >= 15 is 0 Å². The highest BCUT2D eigenvalue weighted by atomic mass is 35.7. The van der Waals surface area contributed by atoms with E-state index in [-0.39, 0.29) is 12.2 Å². The lowest BCUT2D eigenvalue weighted by Crippen LogP contribution is -2.09. The van der Waals surface area contributed by atoms with Crippen LogP contribution in [0.25, 0.3) is 0 Å². The maximum atomic E-state index is 12.1. The zero-order valence-electron chi connectivity index (χ0n) is 9.60. The minimum atomic E-state index is -4.34. The number of halogens is 3. The topological polar surface area (TPSA) is 69.7 Å². The molecule has 0 bridgehead atoms. The number of ether oxygens (including phenoxy) is 2. The van der Waals surface area contributed by atoms with Gasteiger partial charge in [0.15, 0.2) is 0 Å². The molecule has 0 aliphatic heterocycles. The molecule has 0 saturated carbocycles. The molecule has 5 nitrogen and oxygen atoms in total. The standard InChI is InChI=1S/C10H9ClF2O5S/c1-2-17-9(14)6-3-4-7(18-10(12)13)8(5-6)19(11,15)16/h3-5,10H,2H2,1H3. The van der Waals surface area contributed by atoms with Gasteiger partial charge in [-0.3, -0.25) is 0 Å². The Labute approximate surface area is 112 Å². The average Bonchev–Trinajstić information content (AvgIpc) is 2.27. The summed E-state index contributed by atoms with van der Waals surface area (Å²) in [6.45, 7) is -1.58. The molecule has 0 aliphatic carbocycles. The molecule has 0 radical (unpaired) electrons. The van der Waals surface area contributed by atoms with E-state index in [0.717, 1.165) is 18.2 Å². The SMILES string of the molecule is CCOC(=O)c1ccc(OC(F)F)c(S(=O)(=O)Cl)c1. The van der Waals surface area contributed by atoms with Crippen molar-refractivity contribution in [2.24, 2.45) is 0 Å². The number of rotatable bonds is 5. The Morgan fingerprint density at radius 3 is 2.53 bits per heavy atom. The van der Waals surface area contributed by atoms with Crippen molar-refractivity contribution in [3.05, 3.63) is 23.8 Å². The third kappa shape index (κ3) is 4.32. The fourth-order valence-corrected chi connectivity index (χ4v) is 2.22. The third-order valence-electron chi connectivity index (χ3n) is 1.93. The molecule has 1 aromatic carbocycles. The molecular weight excluding hydrogens is 306 g/mol. The van der Waals surface area contributed by atoms with Gasteiger partial charge < -0.3 is 9.47 Å². The molecular formula is C10H9ClF2O5S. The van der Waals surface area contributed by atoms with Crippen molar-refractivity contribution >= 4 is 25.7 Å². The maximum Gasteiger partial charge on any atom is 0.387 e. The minimum Gasteiger partial charge on any atom is -0.462 e. The largest absolute Gasteiger partial charge is 0.462 e. The molecule has 19 heavy (non-hydrogen) atoms. The van der Waals surface area contributed by atoms with Crippen molar-refractivity contribution in [2.45, 2.75) is 18.4 Å². The van der Waals surface area contributed by atoms with Crippen LogP contribution in [0.3, 0.4) is 0 Å². The quantitative estimate of drug-likeness (QED) is 0.616. The van der Waals surface area contributed by atoms with E-state index in [2.05, 4.69) is 9.47 Å². The van der Waals surface area contributed by atoms with E-state index in [1.54, 1.807) is 6.92 Å². The summed E-state index contributed by atoms with van der Waals surface area (Å²) in [7, 11) is 0.752. The second-order valence-corrected chi connectivity index (χ2v) is 5.73. The van der Waals surface area contributed by atoms with E-state index in [4.69, 9.17) is 10.7 Å². The van der Waals surface area contributed by atoms with Crippen LogP contribution >= 0.6 is 10.7 Å². The third-order valence-corrected chi connectivity index (χ3v) is 3.28. The monoisotopic (exact) mass is 314 g/mol. The Kier molecular flexibility index (Phi) is 5.07. The van der Waals surface area contributed by atoms with Crippen molar-refractivity contribution in [3.8, 4) is 5.75 Å². The molecule has 0 aliphatic rings. The molecule has 0 N–H and O–H groups in total. The number of alkyl halides is 2. The van der Waals surface area contributed by atoms with E-state index < -0.39 is 32.3 Å². The molecule has 1 rings (SSSR count). The van der Waals surface area contributed by atoms with Crippen LogP contribution < -0.4 is 4.74 Å². The van der Waals surface area contributed by atoms with Gasteiger partial charge in [-0.15, -0.1) is 0 Å². The number of benzene rings is 1. The predicted molar refractivity (Wildman–Crippen MR) is 62.1 cm³/mol. The van der Waals surface area contributed by atoms with E-state index in [1.165, 1.54) is 0 Å². The molecule has 0 heterocycles. The Hall–Kier alpha value is -1.41. The van der Waals surface area contributed by atoms with Crippen LogP contribution in [0.1, 0.15) is 17.3 Å². The van der Waals surface area contributed by atoms with E-state index in [9.17, 15) is 22.0 Å². The lowest BCUT2D eigenvalue weighted by molar-refractivity contribution is -0.0517. The van der Waals surface area contributed by atoms with Gasteiger partial charge in [-0.1, -0.05) is 0 Å². The van der Waals surface area contributed by atoms with E-state index in [0.29, 0.717) is 0 Å². The summed E-state index contributed by atoms with van der Waals surface area (Å²) in [6.07, 6.45) is 0. The van der Waals surface area contributed by atoms with Gasteiger partial charge in [-0.05, 0) is 25.1 Å². The Morgan fingerprint density at radius 1 is 1.42 bits per heavy atom. The highest BCUT2D eigenvalue weighted by Crippen LogP contribution is 2.29. The molecule has 0 atom stereocenters. The second-order valence-electron chi connectivity index (χ2n) is 3.20. The Bertz CT molecular complexity index is 573. The first kappa shape index (κ1) is 15.6. The van der Waals surface area contributed by atoms with Crippen LogP contribution in [0, 0.1) is 0 Å². The molecule has 106 valence electrons. The first-order valence-corrected chi connectivity index (χ1v) is 7.27. The minimum absolute atomic E-state index is 0.0804. The molecule has 0 spiro atoms. The van der Waals surface area contributed by atoms with Gasteiger partial charge in [0.2, 0.25) is 0 Å². The summed E-state index contributed by atoms with van der Waals surface area (Å²) in [5.74, 6) is -1.44. The van der Waals surface area contributed by atoms with Crippen LogP contribution in [0.2, 0.25) is 0 Å². The van der Waals surface area contributed by atoms with Crippen molar-refractivity contribution in [1.29, 1.82) is 0 Å². The van der Waals surface area contributed by atoms with Crippen molar-refractivity contribution in [1.82, 2.24) is 0 Å². The van der Waals surface area contributed by atoms with Crippen molar-refractivity contribution in [3.63, 3.8) is 0 Å². The number of hydrogen-bond acceptors (Lipinski definition) is 5. The number of esters is 1. The Balaban J connectivity index is 3.27. The molecule has 0 aromatic heterocycles. The molecule has 0 saturated heterocycles. The van der Waals surface area contributed by atoms with Crippen LogP contribution in [0.15, 0.2) is 23.1 Å². The predicted octanol–water partition coefficient (Wildman–Crippen LogP) is 2.39. The van der Waals surface area contributed by atoms with Crippen LogP contribution in [0.5, 0.6) is 5.75 Å². The summed E-state index contributed by atoms with van der Waals surface area (Å²) in [4.78, 5) is 10.7. The zero-order valence-corrected chi connectivity index (χ0v) is 11.2. The number of hydrogen-bond donors (Lipinski definition) is 0. The first-order chi connectivity index (χ1) is 8.75. The lowest BCUT2D eigenvalue weighted by Gasteiger charge is -2.10. The van der Waals surface area contributed by atoms with Gasteiger partial charge in [0.25, 0.3) is 9.05 Å². The van der Waals surface area contributed by atoms with Crippen LogP contribution in [-0.4, -0.2) is 27.6 Å². The van der Waals surface area contributed by atoms with Crippen LogP contribution in [0.4, 0.5) is 8.78 Å². The second kappa shape index (κ2) is 6.16.